The van der Waals surface area contributed by atoms with Crippen LogP contribution in [0, 0.1) is 0 Å². The molecule has 34 heavy (non-hydrogen) atoms. The van der Waals surface area contributed by atoms with Gasteiger partial charge in [-0.15, -0.1) is 0 Å². The molecule has 2 unspecified atom stereocenters. The van der Waals surface area contributed by atoms with Crippen molar-refractivity contribution in [2.45, 2.75) is 44.2 Å². The first kappa shape index (κ1) is 23.8. The normalized spacial score (nSPS) is 18.0. The van der Waals surface area contributed by atoms with Crippen LogP contribution in [0.4, 0.5) is 4.79 Å². The van der Waals surface area contributed by atoms with Gasteiger partial charge in [0.05, 0.1) is 25.7 Å². The Morgan fingerprint density at radius 3 is 2.41 bits per heavy atom. The third-order valence-corrected chi connectivity index (χ3v) is 6.46. The lowest BCUT2D eigenvalue weighted by atomic mass is 9.98. The van der Waals surface area contributed by atoms with E-state index in [-0.39, 0.29) is 43.9 Å². The number of benzene rings is 2. The fraction of sp³-hybridized carbons (Fsp3) is 0.423. The van der Waals surface area contributed by atoms with Crippen molar-refractivity contribution >= 4 is 18.0 Å². The highest BCUT2D eigenvalue weighted by atomic mass is 16.5. The third-order valence-electron chi connectivity index (χ3n) is 6.46. The average molecular weight is 467 g/mol. The Kier molecular flexibility index (Phi) is 7.47. The van der Waals surface area contributed by atoms with Gasteiger partial charge < -0.3 is 24.8 Å². The molecule has 0 saturated carbocycles. The molecule has 2 atom stereocenters. The van der Waals surface area contributed by atoms with E-state index in [0.717, 1.165) is 11.1 Å². The second-order valence-electron chi connectivity index (χ2n) is 8.82. The molecular weight excluding hydrogens is 436 g/mol. The lowest BCUT2D eigenvalue weighted by Gasteiger charge is -2.35. The standard InChI is InChI=1S/C26H30N2O6/c1-17(10-11-24(29)28-12-13-33-15-18(28)14-25(30)31)27-26(32)34-16-23-21-8-4-2-6-19(21)20-7-3-5-9-22(20)23/h2-9,17-18,23H,10-16H2,1H3,(H,27,32)(H,30,31). The molecule has 1 fully saturated rings. The number of hydrogen-bond donors (Lipinski definition) is 2. The molecule has 8 nitrogen and oxygen atoms in total. The maximum Gasteiger partial charge on any atom is 0.407 e. The van der Waals surface area contributed by atoms with E-state index in [1.54, 1.807) is 4.90 Å². The minimum absolute atomic E-state index is 0.0116. The van der Waals surface area contributed by atoms with Gasteiger partial charge in [0.15, 0.2) is 0 Å². The highest BCUT2D eigenvalue weighted by molar-refractivity contribution is 5.79. The number of carboxylic acid groups (broad SMARTS) is 1. The van der Waals surface area contributed by atoms with Crippen molar-refractivity contribution in [3.63, 3.8) is 0 Å². The van der Waals surface area contributed by atoms with E-state index in [1.165, 1.54) is 11.1 Å². The van der Waals surface area contributed by atoms with E-state index in [2.05, 4.69) is 29.6 Å². The van der Waals surface area contributed by atoms with Gasteiger partial charge >= 0.3 is 12.1 Å². The topological polar surface area (TPSA) is 105 Å². The van der Waals surface area contributed by atoms with Gasteiger partial charge in [-0.05, 0) is 35.6 Å². The van der Waals surface area contributed by atoms with Crippen LogP contribution in [0.2, 0.25) is 0 Å². The molecule has 180 valence electrons. The number of morpholine rings is 1. The van der Waals surface area contributed by atoms with Crippen LogP contribution in [0.15, 0.2) is 48.5 Å². The summed E-state index contributed by atoms with van der Waals surface area (Å²) in [5, 5.41) is 11.9. The lowest BCUT2D eigenvalue weighted by Crippen LogP contribution is -2.49. The van der Waals surface area contributed by atoms with Gasteiger partial charge in [0.1, 0.15) is 6.61 Å². The van der Waals surface area contributed by atoms with E-state index < -0.39 is 18.1 Å². The van der Waals surface area contributed by atoms with Gasteiger partial charge in [0.25, 0.3) is 0 Å². The first-order valence-corrected chi connectivity index (χ1v) is 11.6. The Morgan fingerprint density at radius 1 is 1.12 bits per heavy atom. The summed E-state index contributed by atoms with van der Waals surface area (Å²) in [6, 6.07) is 15.6. The average Bonchev–Trinajstić information content (AvgIpc) is 3.15. The van der Waals surface area contributed by atoms with Crippen LogP contribution in [-0.4, -0.2) is 66.4 Å². The summed E-state index contributed by atoms with van der Waals surface area (Å²) in [5.41, 5.74) is 4.64. The maximum atomic E-state index is 12.6. The molecular formula is C26H30N2O6. The number of carbonyl (C=O) groups is 3. The lowest BCUT2D eigenvalue weighted by molar-refractivity contribution is -0.146. The van der Waals surface area contributed by atoms with E-state index in [1.807, 2.05) is 31.2 Å². The largest absolute Gasteiger partial charge is 0.481 e. The number of amides is 2. The first-order valence-electron chi connectivity index (χ1n) is 11.6. The summed E-state index contributed by atoms with van der Waals surface area (Å²) in [5.74, 6) is -1.10. The number of rotatable bonds is 8. The Labute approximate surface area is 198 Å². The smallest absolute Gasteiger partial charge is 0.407 e. The van der Waals surface area contributed by atoms with Gasteiger partial charge in [-0.25, -0.2) is 4.79 Å². The highest BCUT2D eigenvalue weighted by Gasteiger charge is 2.30. The Balaban J connectivity index is 1.26. The zero-order chi connectivity index (χ0) is 24.1. The van der Waals surface area contributed by atoms with Gasteiger partial charge in [0.2, 0.25) is 5.91 Å². The zero-order valence-corrected chi connectivity index (χ0v) is 19.2. The van der Waals surface area contributed by atoms with Crippen molar-refractivity contribution in [1.29, 1.82) is 0 Å². The zero-order valence-electron chi connectivity index (χ0n) is 19.2. The van der Waals surface area contributed by atoms with Crippen LogP contribution >= 0.6 is 0 Å². The van der Waals surface area contributed by atoms with Gasteiger partial charge in [-0.3, -0.25) is 9.59 Å². The molecule has 1 aliphatic heterocycles. The van der Waals surface area contributed by atoms with Crippen LogP contribution in [0.5, 0.6) is 0 Å². The fourth-order valence-corrected chi connectivity index (χ4v) is 4.75. The third kappa shape index (κ3) is 5.39. The molecule has 1 saturated heterocycles. The molecule has 2 N–H and O–H groups in total. The van der Waals surface area contributed by atoms with E-state index in [0.29, 0.717) is 19.6 Å². The van der Waals surface area contributed by atoms with Crippen molar-refractivity contribution in [3.05, 3.63) is 59.7 Å². The second kappa shape index (κ2) is 10.7. The number of fused-ring (bicyclic) bond motifs is 3. The molecule has 1 aliphatic carbocycles. The summed E-state index contributed by atoms with van der Waals surface area (Å²) in [4.78, 5) is 37.7. The number of aliphatic carboxylic acids is 1. The first-order chi connectivity index (χ1) is 16.4. The number of alkyl carbamates (subject to hydrolysis) is 1. The van der Waals surface area contributed by atoms with E-state index >= 15 is 0 Å². The SMILES string of the molecule is CC(CCC(=O)N1CCOCC1CC(=O)O)NC(=O)OCC1c2ccccc2-c2ccccc21. The van der Waals surface area contributed by atoms with Crippen molar-refractivity contribution in [1.82, 2.24) is 10.2 Å². The van der Waals surface area contributed by atoms with Crippen LogP contribution in [0.3, 0.4) is 0 Å². The van der Waals surface area contributed by atoms with Crippen LogP contribution in [0.1, 0.15) is 43.2 Å². The van der Waals surface area contributed by atoms with Crippen LogP contribution in [0.25, 0.3) is 11.1 Å². The number of carbonyl (C=O) groups excluding carboxylic acids is 2. The van der Waals surface area contributed by atoms with Crippen molar-refractivity contribution in [2.24, 2.45) is 0 Å². The summed E-state index contributed by atoms with van der Waals surface area (Å²) in [6.45, 7) is 3.06. The maximum absolute atomic E-state index is 12.6. The summed E-state index contributed by atoms with van der Waals surface area (Å²) < 4.78 is 10.9. The molecule has 2 aromatic carbocycles. The number of ether oxygens (including phenoxy) is 2. The quantitative estimate of drug-likeness (QED) is 0.618. The van der Waals surface area contributed by atoms with Crippen molar-refractivity contribution < 1.29 is 29.0 Å². The molecule has 0 radical (unpaired) electrons. The summed E-state index contributed by atoms with van der Waals surface area (Å²) >= 11 is 0. The van der Waals surface area contributed by atoms with Crippen molar-refractivity contribution in [2.75, 3.05) is 26.4 Å². The molecule has 0 bridgehead atoms. The molecule has 0 spiro atoms. The molecule has 0 aromatic heterocycles. The van der Waals surface area contributed by atoms with Gasteiger partial charge in [-0.1, -0.05) is 48.5 Å². The van der Waals surface area contributed by atoms with Crippen molar-refractivity contribution in [3.8, 4) is 11.1 Å². The highest BCUT2D eigenvalue weighted by Crippen LogP contribution is 2.44. The second-order valence-corrected chi connectivity index (χ2v) is 8.82. The fourth-order valence-electron chi connectivity index (χ4n) is 4.75. The Bertz CT molecular complexity index is 1010. The molecule has 1 heterocycles. The number of hydrogen-bond acceptors (Lipinski definition) is 5. The number of nitrogens with zero attached hydrogens (tertiary/aromatic N) is 1. The summed E-state index contributed by atoms with van der Waals surface area (Å²) in [7, 11) is 0. The van der Waals surface area contributed by atoms with Crippen LogP contribution in [-0.2, 0) is 19.1 Å². The van der Waals surface area contributed by atoms with E-state index in [9.17, 15) is 14.4 Å². The Morgan fingerprint density at radius 2 is 1.76 bits per heavy atom. The van der Waals surface area contributed by atoms with E-state index in [4.69, 9.17) is 14.6 Å². The molecule has 4 rings (SSSR count). The van der Waals surface area contributed by atoms with Gasteiger partial charge in [-0.2, -0.15) is 0 Å². The Hall–Kier alpha value is -3.39. The minimum atomic E-state index is -0.960. The molecule has 2 aromatic rings. The predicted octanol–water partition coefficient (Wildman–Crippen LogP) is 3.40. The minimum Gasteiger partial charge on any atom is -0.481 e. The molecule has 8 heteroatoms. The molecule has 2 aliphatic rings. The van der Waals surface area contributed by atoms with Gasteiger partial charge in [0, 0.05) is 24.9 Å². The monoisotopic (exact) mass is 466 g/mol. The predicted molar refractivity (Wildman–Crippen MR) is 125 cm³/mol. The number of nitrogens with one attached hydrogen (secondary N) is 1. The molecule has 2 amide bonds. The summed E-state index contributed by atoms with van der Waals surface area (Å²) in [6.07, 6.45) is -0.0163. The van der Waals surface area contributed by atoms with Crippen LogP contribution < -0.4 is 5.32 Å². The number of carboxylic acids is 1.